The molecule has 0 radical (unpaired) electrons. The fourth-order valence-electron chi connectivity index (χ4n) is 4.92. The molecule has 0 aliphatic carbocycles. The molecule has 4 aromatic rings. The van der Waals surface area contributed by atoms with Crippen LogP contribution < -0.4 is 23.8 Å². The van der Waals surface area contributed by atoms with Crippen LogP contribution in [-0.4, -0.2) is 48.2 Å². The number of thiazole rings is 1. The number of aromatic nitrogens is 1. The summed E-state index contributed by atoms with van der Waals surface area (Å²) >= 11 is 7.42. The van der Waals surface area contributed by atoms with Crippen molar-refractivity contribution in [2.24, 2.45) is 0 Å². The van der Waals surface area contributed by atoms with Crippen LogP contribution in [0.2, 0.25) is 5.02 Å². The third-order valence-corrected chi connectivity index (χ3v) is 7.94. The molecule has 0 saturated carbocycles. The lowest BCUT2D eigenvalue weighted by atomic mass is 9.95. The number of carbonyl (C=O) groups is 2. The fourth-order valence-corrected chi connectivity index (χ4v) is 6.19. The Kier molecular flexibility index (Phi) is 7.19. The van der Waals surface area contributed by atoms with Crippen LogP contribution in [0.5, 0.6) is 23.0 Å². The summed E-state index contributed by atoms with van der Waals surface area (Å²) in [4.78, 5) is 33.3. The number of aliphatic hydroxyl groups excluding tert-OH is 1. The van der Waals surface area contributed by atoms with Gasteiger partial charge in [0.05, 0.1) is 35.0 Å². The predicted octanol–water partition coefficient (Wildman–Crippen LogP) is 6.14. The van der Waals surface area contributed by atoms with Crippen LogP contribution in [0, 0.1) is 0 Å². The van der Waals surface area contributed by atoms with E-state index in [-0.39, 0.29) is 11.3 Å². The average molecular weight is 593 g/mol. The van der Waals surface area contributed by atoms with Crippen molar-refractivity contribution in [1.82, 2.24) is 4.98 Å². The van der Waals surface area contributed by atoms with Gasteiger partial charge < -0.3 is 24.1 Å². The van der Waals surface area contributed by atoms with E-state index in [4.69, 9.17) is 30.5 Å². The molecule has 0 bridgehead atoms. The summed E-state index contributed by atoms with van der Waals surface area (Å²) < 4.78 is 23.6. The zero-order chi connectivity index (χ0) is 28.7. The fraction of sp³-hybridized carbons (Fsp3) is 0.233. The van der Waals surface area contributed by atoms with Crippen LogP contribution in [0.25, 0.3) is 16.0 Å². The number of amides is 1. The van der Waals surface area contributed by atoms with E-state index in [1.54, 1.807) is 54.6 Å². The smallest absolute Gasteiger partial charge is 0.301 e. The van der Waals surface area contributed by atoms with Crippen LogP contribution >= 0.6 is 22.9 Å². The summed E-state index contributed by atoms with van der Waals surface area (Å²) in [6.07, 6.45) is 0. The Hall–Kier alpha value is -4.28. The molecule has 2 aliphatic rings. The molecule has 210 valence electrons. The van der Waals surface area contributed by atoms with Crippen LogP contribution in [0.4, 0.5) is 5.13 Å². The van der Waals surface area contributed by atoms with Gasteiger partial charge in [-0.05, 0) is 67.9 Å². The summed E-state index contributed by atoms with van der Waals surface area (Å²) in [5, 5.41) is 12.4. The van der Waals surface area contributed by atoms with E-state index in [9.17, 15) is 14.7 Å². The maximum Gasteiger partial charge on any atom is 0.301 e. The number of benzene rings is 3. The zero-order valence-electron chi connectivity index (χ0n) is 22.2. The molecular weight excluding hydrogens is 568 g/mol. The molecule has 1 fully saturated rings. The number of nitrogens with zero attached hydrogens (tertiary/aromatic N) is 2. The standard InChI is InChI=1S/C30H25ClN2O7S/c1-3-37-20-9-5-16(13-22(20)38-4-2)26-25(27(34)17-6-10-21-23(14-17)40-12-11-39-21)28(35)29(36)33(26)30-32-19-8-7-18(31)15-24(19)41-30/h5-10,13-15,26,34H,3-4,11-12H2,1-2H3/b27-25+. The number of ketones is 1. The lowest BCUT2D eigenvalue weighted by Gasteiger charge is -2.24. The topological polar surface area (TPSA) is 107 Å². The number of fused-ring (bicyclic) bond motifs is 2. The molecule has 11 heteroatoms. The van der Waals surface area contributed by atoms with Gasteiger partial charge >= 0.3 is 5.91 Å². The Labute approximate surface area is 244 Å². The number of ether oxygens (including phenoxy) is 4. The van der Waals surface area contributed by atoms with Crippen molar-refractivity contribution >= 4 is 55.7 Å². The lowest BCUT2D eigenvalue weighted by molar-refractivity contribution is -0.132. The van der Waals surface area contributed by atoms with Crippen molar-refractivity contribution in [3.63, 3.8) is 0 Å². The first kappa shape index (κ1) is 26.9. The lowest BCUT2D eigenvalue weighted by Crippen LogP contribution is -2.29. The van der Waals surface area contributed by atoms with Crippen molar-refractivity contribution in [3.05, 3.63) is 76.3 Å². The molecule has 3 heterocycles. The Morgan fingerprint density at radius 3 is 2.54 bits per heavy atom. The van der Waals surface area contributed by atoms with Crippen molar-refractivity contribution in [2.45, 2.75) is 19.9 Å². The normalized spacial score (nSPS) is 17.7. The highest BCUT2D eigenvalue weighted by Gasteiger charge is 2.48. The summed E-state index contributed by atoms with van der Waals surface area (Å²) in [6.45, 7) is 5.29. The highest BCUT2D eigenvalue weighted by molar-refractivity contribution is 7.22. The van der Waals surface area contributed by atoms with Gasteiger partial charge in [0.15, 0.2) is 28.1 Å². The average Bonchev–Trinajstić information content (AvgIpc) is 3.51. The first-order valence-corrected chi connectivity index (χ1v) is 14.3. The van der Waals surface area contributed by atoms with E-state index in [2.05, 4.69) is 4.98 Å². The molecular formula is C30H25ClN2O7S. The summed E-state index contributed by atoms with van der Waals surface area (Å²) in [6, 6.07) is 14.3. The molecule has 1 unspecified atom stereocenters. The Balaban J connectivity index is 1.55. The van der Waals surface area contributed by atoms with Crippen LogP contribution in [0.3, 0.4) is 0 Å². The van der Waals surface area contributed by atoms with Gasteiger partial charge in [-0.2, -0.15) is 0 Å². The van der Waals surface area contributed by atoms with Gasteiger partial charge in [0, 0.05) is 10.6 Å². The number of aliphatic hydroxyl groups is 1. The van der Waals surface area contributed by atoms with Crippen molar-refractivity contribution in [3.8, 4) is 23.0 Å². The molecule has 3 aromatic carbocycles. The number of Topliss-reactive ketones (excluding diaryl/α,β-unsaturated/α-hetero) is 1. The Morgan fingerprint density at radius 2 is 1.76 bits per heavy atom. The number of rotatable bonds is 7. The number of hydrogen-bond acceptors (Lipinski definition) is 9. The van der Waals surface area contributed by atoms with E-state index in [0.717, 1.165) is 4.70 Å². The molecule has 6 rings (SSSR count). The monoisotopic (exact) mass is 592 g/mol. The van der Waals surface area contributed by atoms with E-state index in [1.807, 2.05) is 13.8 Å². The van der Waals surface area contributed by atoms with Crippen molar-refractivity contribution in [1.29, 1.82) is 0 Å². The van der Waals surface area contributed by atoms with E-state index in [1.165, 1.54) is 16.2 Å². The van der Waals surface area contributed by atoms with Gasteiger partial charge in [-0.3, -0.25) is 14.5 Å². The second kappa shape index (κ2) is 10.9. The molecule has 1 saturated heterocycles. The summed E-state index contributed by atoms with van der Waals surface area (Å²) in [5.74, 6) is -0.0505. The molecule has 1 N–H and O–H groups in total. The molecule has 2 aliphatic heterocycles. The van der Waals surface area contributed by atoms with Crippen molar-refractivity contribution in [2.75, 3.05) is 31.3 Å². The zero-order valence-corrected chi connectivity index (χ0v) is 23.8. The largest absolute Gasteiger partial charge is 0.507 e. The predicted molar refractivity (Wildman–Crippen MR) is 156 cm³/mol. The number of halogens is 1. The molecule has 1 amide bonds. The van der Waals surface area contributed by atoms with Crippen LogP contribution in [-0.2, 0) is 9.59 Å². The molecule has 1 atom stereocenters. The van der Waals surface area contributed by atoms with Gasteiger partial charge in [-0.25, -0.2) is 4.98 Å². The third kappa shape index (κ3) is 4.83. The molecule has 1 aromatic heterocycles. The van der Waals surface area contributed by atoms with E-state index >= 15 is 0 Å². The quantitative estimate of drug-likeness (QED) is 0.155. The van der Waals surface area contributed by atoms with Gasteiger partial charge in [-0.15, -0.1) is 0 Å². The SMILES string of the molecule is CCOc1ccc(C2/C(=C(\O)c3ccc4c(c3)OCCO4)C(=O)C(=O)N2c2nc3ccc(Cl)cc3s2)cc1OCC. The van der Waals surface area contributed by atoms with Crippen LogP contribution in [0.1, 0.15) is 31.0 Å². The highest BCUT2D eigenvalue weighted by Crippen LogP contribution is 2.46. The van der Waals surface area contributed by atoms with E-state index < -0.39 is 17.7 Å². The highest BCUT2D eigenvalue weighted by atomic mass is 35.5. The second-order valence-electron chi connectivity index (χ2n) is 9.21. The van der Waals surface area contributed by atoms with Gasteiger partial charge in [0.1, 0.15) is 19.0 Å². The first-order valence-electron chi connectivity index (χ1n) is 13.1. The minimum Gasteiger partial charge on any atom is -0.507 e. The minimum atomic E-state index is -1.01. The third-order valence-electron chi connectivity index (χ3n) is 6.69. The first-order chi connectivity index (χ1) is 19.9. The summed E-state index contributed by atoms with van der Waals surface area (Å²) in [7, 11) is 0. The number of hydrogen-bond donors (Lipinski definition) is 1. The van der Waals surface area contributed by atoms with Gasteiger partial charge in [-0.1, -0.05) is 29.0 Å². The van der Waals surface area contributed by atoms with Crippen molar-refractivity contribution < 1.29 is 33.6 Å². The van der Waals surface area contributed by atoms with Gasteiger partial charge in [0.25, 0.3) is 5.78 Å². The molecule has 0 spiro atoms. The molecule has 9 nitrogen and oxygen atoms in total. The minimum absolute atomic E-state index is 0.0874. The second-order valence-corrected chi connectivity index (χ2v) is 10.7. The Bertz CT molecular complexity index is 1720. The molecule has 41 heavy (non-hydrogen) atoms. The maximum absolute atomic E-state index is 13.7. The van der Waals surface area contributed by atoms with E-state index in [0.29, 0.717) is 76.2 Å². The van der Waals surface area contributed by atoms with Gasteiger partial charge in [0.2, 0.25) is 0 Å². The number of anilines is 1. The number of carbonyl (C=O) groups excluding carboxylic acids is 2. The van der Waals surface area contributed by atoms with Crippen LogP contribution in [0.15, 0.2) is 60.2 Å². The Morgan fingerprint density at radius 1 is 1.00 bits per heavy atom. The maximum atomic E-state index is 13.7. The summed E-state index contributed by atoms with van der Waals surface area (Å²) in [5.41, 5.74) is 1.39.